The number of nitrogens with zero attached hydrogens (tertiary/aromatic N) is 6. The molecule has 0 spiro atoms. The van der Waals surface area contributed by atoms with Crippen molar-refractivity contribution < 1.29 is 44.3 Å². The molecule has 16 nitrogen and oxygen atoms in total. The Hall–Kier alpha value is -4.66. The van der Waals surface area contributed by atoms with Crippen LogP contribution in [0.15, 0.2) is 120 Å². The van der Waals surface area contributed by atoms with E-state index in [0.717, 1.165) is 46.8 Å². The molecule has 0 fully saturated rings. The van der Waals surface area contributed by atoms with E-state index in [2.05, 4.69) is 20.2 Å². The van der Waals surface area contributed by atoms with E-state index in [4.69, 9.17) is 64.2 Å². The van der Waals surface area contributed by atoms with Crippen molar-refractivity contribution in [1.29, 1.82) is 0 Å². The Bertz CT molecular complexity index is 2550. The molecule has 22 heteroatoms. The van der Waals surface area contributed by atoms with Crippen molar-refractivity contribution in [1.82, 2.24) is 29.5 Å². The first kappa shape index (κ1) is 44.9. The van der Waals surface area contributed by atoms with E-state index in [1.807, 2.05) is 0 Å². The van der Waals surface area contributed by atoms with Gasteiger partial charge in [0.05, 0.1) is 0 Å². The van der Waals surface area contributed by atoms with Gasteiger partial charge in [0.1, 0.15) is 46.6 Å². The first-order valence-corrected chi connectivity index (χ1v) is 22.1. The summed E-state index contributed by atoms with van der Waals surface area (Å²) in [6, 6.07) is 18.5. The molecule has 2 heterocycles. The van der Waals surface area contributed by atoms with Gasteiger partial charge in [0.25, 0.3) is 0 Å². The summed E-state index contributed by atoms with van der Waals surface area (Å²) in [6.07, 6.45) is 4.08. The maximum atomic E-state index is 14.7. The lowest BCUT2D eigenvalue weighted by atomic mass is 9.88. The fourth-order valence-electron chi connectivity index (χ4n) is 5.68. The standard InChI is InChI=1S/C38H34Cl4N6O10S2/c1-35(2,19-39)33(49)37(47-23-43-21-45-47,55-27-15-11-25(41)12-16-27)57-59(51,52)31-9-5-8-30-29(31)7-6-10-32(30)60(53,54)58-38(48-24-44-22-46-48,34(50)36(3,4)20-40)56-28-17-13-26(42)14-18-28/h5-18,21-24H,19-20H2,1-4H3. The highest BCUT2D eigenvalue weighted by atomic mass is 35.5. The molecule has 6 aromatic rings. The van der Waals surface area contributed by atoms with E-state index in [9.17, 15) is 26.4 Å². The smallest absolute Gasteiger partial charge is 0.393 e. The number of alkyl halides is 2. The van der Waals surface area contributed by atoms with Crippen LogP contribution in [-0.4, -0.2) is 69.7 Å². The Morgan fingerprint density at radius 1 is 0.583 bits per heavy atom. The predicted molar refractivity (Wildman–Crippen MR) is 220 cm³/mol. The molecule has 60 heavy (non-hydrogen) atoms. The number of fused-ring (bicyclic) bond motifs is 1. The van der Waals surface area contributed by atoms with Gasteiger partial charge in [0, 0.05) is 43.4 Å². The van der Waals surface area contributed by atoms with Crippen LogP contribution < -0.4 is 9.47 Å². The van der Waals surface area contributed by atoms with Crippen LogP contribution in [0.25, 0.3) is 10.8 Å². The third kappa shape index (κ3) is 8.73. The average Bonchev–Trinajstić information content (AvgIpc) is 3.98. The molecule has 6 rings (SSSR count). The maximum absolute atomic E-state index is 14.7. The van der Waals surface area contributed by atoms with Gasteiger partial charge >= 0.3 is 32.1 Å². The minimum atomic E-state index is -5.19. The van der Waals surface area contributed by atoms with Crippen LogP contribution in [0.4, 0.5) is 0 Å². The van der Waals surface area contributed by atoms with Gasteiger partial charge in [-0.2, -0.15) is 44.8 Å². The number of hydrogen-bond acceptors (Lipinski definition) is 14. The van der Waals surface area contributed by atoms with Crippen molar-refractivity contribution >= 4 is 89.0 Å². The third-order valence-corrected chi connectivity index (χ3v) is 13.4. The molecule has 2 aromatic heterocycles. The zero-order valence-corrected chi connectivity index (χ0v) is 36.6. The van der Waals surface area contributed by atoms with Crippen LogP contribution in [0.2, 0.25) is 10.0 Å². The fourth-order valence-corrected chi connectivity index (χ4v) is 8.70. The minimum absolute atomic E-state index is 0.0594. The third-order valence-electron chi connectivity index (χ3n) is 8.88. The molecule has 0 aliphatic rings. The second-order valence-corrected chi connectivity index (χ2v) is 18.8. The molecule has 2 atom stereocenters. The lowest BCUT2D eigenvalue weighted by molar-refractivity contribution is -0.204. The molecular formula is C38H34Cl4N6O10S2. The van der Waals surface area contributed by atoms with Crippen LogP contribution >= 0.6 is 46.4 Å². The zero-order valence-electron chi connectivity index (χ0n) is 31.9. The molecule has 0 saturated heterocycles. The SMILES string of the molecule is CC(C)(CCl)C(=O)C(Oc1ccc(Cl)cc1)(OS(=O)(=O)c1cccc2c(S(=O)(=O)OC(Oc3ccc(Cl)cc3)(C(=O)C(C)(C)CCl)n3cncn3)cccc12)n1cncn1. The summed E-state index contributed by atoms with van der Waals surface area (Å²) in [5.41, 5.74) is -3.01. The number of ketones is 2. The Labute approximate surface area is 364 Å². The molecule has 4 aromatic carbocycles. The van der Waals surface area contributed by atoms with Gasteiger partial charge < -0.3 is 9.47 Å². The number of halogens is 4. The average molecular weight is 941 g/mol. The molecule has 0 radical (unpaired) electrons. The second kappa shape index (κ2) is 17.0. The summed E-state index contributed by atoms with van der Waals surface area (Å²) >= 11 is 24.6. The molecule has 0 aliphatic carbocycles. The van der Waals surface area contributed by atoms with E-state index < -0.39 is 64.2 Å². The van der Waals surface area contributed by atoms with Gasteiger partial charge in [-0.1, -0.05) is 75.2 Å². The van der Waals surface area contributed by atoms with Gasteiger partial charge in [-0.05, 0) is 60.7 Å². The van der Waals surface area contributed by atoms with E-state index in [-0.39, 0.29) is 34.0 Å². The summed E-state index contributed by atoms with van der Waals surface area (Å²) in [7, 11) is -10.4. The molecule has 0 N–H and O–H groups in total. The lowest BCUT2D eigenvalue weighted by Gasteiger charge is -2.36. The molecular weight excluding hydrogens is 906 g/mol. The first-order valence-electron chi connectivity index (χ1n) is 17.5. The largest absolute Gasteiger partial charge is 0.436 e. The number of Topliss-reactive ketones (excluding diaryl/α,β-unsaturated/α-hetero) is 2. The van der Waals surface area contributed by atoms with Crippen LogP contribution in [-0.2, 0) is 50.0 Å². The van der Waals surface area contributed by atoms with E-state index >= 15 is 0 Å². The van der Waals surface area contributed by atoms with Gasteiger partial charge in [0.2, 0.25) is 11.6 Å². The summed E-state index contributed by atoms with van der Waals surface area (Å²) in [5, 5.41) is 8.22. The normalized spacial score (nSPS) is 14.6. The number of ether oxygens (including phenoxy) is 2. The van der Waals surface area contributed by atoms with Crippen molar-refractivity contribution in [2.75, 3.05) is 11.8 Å². The number of hydrogen-bond donors (Lipinski definition) is 0. The van der Waals surface area contributed by atoms with Crippen molar-refractivity contribution in [3.63, 3.8) is 0 Å². The topological polar surface area (TPSA) is 201 Å². The number of carbonyl (C=O) groups is 2. The molecule has 0 amide bonds. The van der Waals surface area contributed by atoms with Crippen LogP contribution in [0.3, 0.4) is 0 Å². The Balaban J connectivity index is 1.52. The van der Waals surface area contributed by atoms with E-state index in [1.165, 1.54) is 100 Å². The highest BCUT2D eigenvalue weighted by Gasteiger charge is 2.57. The highest BCUT2D eigenvalue weighted by molar-refractivity contribution is 7.87. The van der Waals surface area contributed by atoms with Crippen LogP contribution in [0.5, 0.6) is 11.5 Å². The Morgan fingerprint density at radius 3 is 1.23 bits per heavy atom. The highest BCUT2D eigenvalue weighted by Crippen LogP contribution is 2.41. The van der Waals surface area contributed by atoms with Gasteiger partial charge in [0.15, 0.2) is 0 Å². The van der Waals surface area contributed by atoms with Crippen LogP contribution in [0.1, 0.15) is 27.7 Å². The number of carbonyl (C=O) groups excluding carboxylic acids is 2. The van der Waals surface area contributed by atoms with Gasteiger partial charge in [-0.15, -0.1) is 23.2 Å². The van der Waals surface area contributed by atoms with E-state index in [1.54, 1.807) is 0 Å². The Morgan fingerprint density at radius 2 is 0.933 bits per heavy atom. The van der Waals surface area contributed by atoms with Crippen molar-refractivity contribution in [2.45, 2.75) is 49.3 Å². The van der Waals surface area contributed by atoms with Gasteiger partial charge in [-0.25, -0.2) is 9.97 Å². The number of aromatic nitrogens is 6. The summed E-state index contributed by atoms with van der Waals surface area (Å²) in [4.78, 5) is 35.5. The summed E-state index contributed by atoms with van der Waals surface area (Å²) in [6.45, 7) is 5.77. The number of benzene rings is 4. The maximum Gasteiger partial charge on any atom is 0.393 e. The van der Waals surface area contributed by atoms with Gasteiger partial charge in [-0.3, -0.25) is 9.59 Å². The quantitative estimate of drug-likeness (QED) is 0.0476. The minimum Gasteiger partial charge on any atom is -0.436 e. The molecule has 0 saturated carbocycles. The summed E-state index contributed by atoms with van der Waals surface area (Å²) < 4.78 is 84.1. The molecule has 316 valence electrons. The molecule has 0 aliphatic heterocycles. The van der Waals surface area contributed by atoms with Crippen molar-refractivity contribution in [3.05, 3.63) is 120 Å². The first-order chi connectivity index (χ1) is 28.2. The van der Waals surface area contributed by atoms with E-state index in [0.29, 0.717) is 10.0 Å². The predicted octanol–water partition coefficient (Wildman–Crippen LogP) is 7.19. The zero-order chi connectivity index (χ0) is 43.7. The second-order valence-electron chi connectivity index (χ2n) is 14.3. The Kier molecular flexibility index (Phi) is 12.7. The molecule has 0 bridgehead atoms. The number of rotatable bonds is 18. The monoisotopic (exact) mass is 938 g/mol. The summed E-state index contributed by atoms with van der Waals surface area (Å²) in [5.74, 6) is -8.54. The fraction of sp³-hybridized carbons (Fsp3) is 0.263. The van der Waals surface area contributed by atoms with Crippen molar-refractivity contribution in [3.8, 4) is 11.5 Å². The molecule has 2 unspecified atom stereocenters. The van der Waals surface area contributed by atoms with Crippen molar-refractivity contribution in [2.24, 2.45) is 10.8 Å². The lowest BCUT2D eigenvalue weighted by Crippen LogP contribution is -2.56. The van der Waals surface area contributed by atoms with Crippen LogP contribution in [0, 0.1) is 10.8 Å².